The van der Waals surface area contributed by atoms with Crippen LogP contribution in [0.25, 0.3) is 0 Å². The Balaban J connectivity index is 0.000000385. The van der Waals surface area contributed by atoms with Crippen LogP contribution in [-0.2, 0) is 9.47 Å². The van der Waals surface area contributed by atoms with E-state index in [1.54, 1.807) is 0 Å². The number of ether oxygens (including phenoxy) is 2. The van der Waals surface area contributed by atoms with E-state index in [2.05, 4.69) is 48.6 Å². The maximum Gasteiger partial charge on any atom is 0.506 e. The van der Waals surface area contributed by atoms with Gasteiger partial charge in [0.2, 0.25) is 0 Å². The second kappa shape index (κ2) is 42.1. The van der Waals surface area contributed by atoms with Crippen molar-refractivity contribution in [1.82, 2.24) is 0 Å². The Labute approximate surface area is 345 Å². The monoisotopic (exact) mass is 785 g/mol. The van der Waals surface area contributed by atoms with E-state index in [1.807, 2.05) is 0 Å². The molecule has 0 heterocycles. The molecule has 0 saturated carbocycles. The molecule has 324 valence electrons. The molecule has 0 aromatic carbocycles. The number of carbonyl (C=O) groups is 2. The van der Waals surface area contributed by atoms with Gasteiger partial charge in [0.1, 0.15) is 12.2 Å². The number of carboxylic acid groups (broad SMARTS) is 2. The molecule has 6 nitrogen and oxygen atoms in total. The Morgan fingerprint density at radius 2 is 0.464 bits per heavy atom. The zero-order valence-corrected chi connectivity index (χ0v) is 36.2. The molecule has 0 spiro atoms. The van der Waals surface area contributed by atoms with E-state index in [1.165, 1.54) is 193 Å². The van der Waals surface area contributed by atoms with Crippen LogP contribution in [0.5, 0.6) is 0 Å². The number of hydrogen-bond donors (Lipinski definition) is 2. The highest BCUT2D eigenvalue weighted by molar-refractivity contribution is 5.58. The van der Waals surface area contributed by atoms with E-state index in [4.69, 9.17) is 19.7 Å². The summed E-state index contributed by atoms with van der Waals surface area (Å²) in [4.78, 5) is 21.5. The maximum absolute atomic E-state index is 10.7. The van der Waals surface area contributed by atoms with Crippen molar-refractivity contribution in [2.75, 3.05) is 0 Å². The van der Waals surface area contributed by atoms with Crippen molar-refractivity contribution in [3.05, 3.63) is 48.6 Å². The Kier molecular flexibility index (Phi) is 38.7. The van der Waals surface area contributed by atoms with E-state index in [0.29, 0.717) is 12.8 Å². The normalized spacial score (nSPS) is 24.1. The van der Waals surface area contributed by atoms with Gasteiger partial charge in [0.05, 0.1) is 0 Å². The minimum atomic E-state index is -1.39. The van der Waals surface area contributed by atoms with Crippen molar-refractivity contribution in [3.63, 3.8) is 0 Å². The Bertz CT molecular complexity index is 871. The first-order valence-electron chi connectivity index (χ1n) is 24.0. The molecule has 4 aliphatic rings. The molecule has 2 N–H and O–H groups in total. The van der Waals surface area contributed by atoms with Crippen molar-refractivity contribution >= 4 is 12.3 Å². The lowest BCUT2D eigenvalue weighted by Crippen LogP contribution is -2.35. The van der Waals surface area contributed by atoms with Crippen LogP contribution in [0.15, 0.2) is 48.6 Å². The first-order valence-corrected chi connectivity index (χ1v) is 24.0. The molecule has 4 aliphatic carbocycles. The summed E-state index contributed by atoms with van der Waals surface area (Å²) in [6.07, 6.45) is 63.4. The summed E-state index contributed by atoms with van der Waals surface area (Å²) in [6.45, 7) is 0. The summed E-state index contributed by atoms with van der Waals surface area (Å²) in [5.41, 5.74) is 0. The highest BCUT2D eigenvalue weighted by Crippen LogP contribution is 2.21. The molecule has 0 aromatic rings. The van der Waals surface area contributed by atoms with Crippen LogP contribution in [0.4, 0.5) is 9.59 Å². The van der Waals surface area contributed by atoms with E-state index in [9.17, 15) is 9.59 Å². The van der Waals surface area contributed by atoms with Gasteiger partial charge in [-0.1, -0.05) is 171 Å². The zero-order valence-electron chi connectivity index (χ0n) is 36.2. The molecule has 0 aromatic heterocycles. The molecule has 56 heavy (non-hydrogen) atoms. The Hall–Kier alpha value is -2.50. The van der Waals surface area contributed by atoms with Gasteiger partial charge in [0.15, 0.2) is 0 Å². The van der Waals surface area contributed by atoms with Crippen LogP contribution in [0.1, 0.15) is 244 Å². The highest BCUT2D eigenvalue weighted by atomic mass is 16.7. The van der Waals surface area contributed by atoms with Crippen LogP contribution in [0, 0.1) is 0 Å². The molecule has 4 rings (SSSR count). The SMILES string of the molecule is C1=CCCCCCCCCCC1.C1=CCCCCCCCCCC1.C1=CCCCCCCCCCC1.O=C(O)OC1CCC/C=C\CCCCCC1OC(=O)O. The second-order valence-corrected chi connectivity index (χ2v) is 16.5. The lowest BCUT2D eigenvalue weighted by molar-refractivity contribution is -0.0473. The summed E-state index contributed by atoms with van der Waals surface area (Å²) in [5.74, 6) is 0. The van der Waals surface area contributed by atoms with Gasteiger partial charge in [-0.05, 0) is 122 Å². The zero-order chi connectivity index (χ0) is 40.3. The van der Waals surface area contributed by atoms with Crippen molar-refractivity contribution in [3.8, 4) is 0 Å². The third-order valence-electron chi connectivity index (χ3n) is 11.3. The average Bonchev–Trinajstić information content (AvgIpc) is 3.15. The van der Waals surface area contributed by atoms with Crippen LogP contribution in [0.2, 0.25) is 0 Å². The summed E-state index contributed by atoms with van der Waals surface area (Å²) in [5, 5.41) is 17.5. The molecule has 6 heteroatoms. The quantitative estimate of drug-likeness (QED) is 0.214. The lowest BCUT2D eigenvalue weighted by atomic mass is 9.99. The first-order chi connectivity index (χ1) is 27.6. The molecule has 0 amide bonds. The fourth-order valence-corrected chi connectivity index (χ4v) is 7.82. The van der Waals surface area contributed by atoms with Crippen LogP contribution in [-0.4, -0.2) is 34.7 Å². The topological polar surface area (TPSA) is 93.1 Å². The van der Waals surface area contributed by atoms with Crippen molar-refractivity contribution < 1.29 is 29.3 Å². The molecular formula is C50H88O6. The van der Waals surface area contributed by atoms with E-state index in [0.717, 1.165) is 38.5 Å². The third-order valence-corrected chi connectivity index (χ3v) is 11.3. The summed E-state index contributed by atoms with van der Waals surface area (Å²) < 4.78 is 9.63. The predicted octanol–water partition coefficient (Wildman–Crippen LogP) is 17.2. The van der Waals surface area contributed by atoms with E-state index in [-0.39, 0.29) is 0 Å². The van der Waals surface area contributed by atoms with Crippen LogP contribution in [0.3, 0.4) is 0 Å². The molecule has 2 atom stereocenters. The molecule has 0 fully saturated rings. The Morgan fingerprint density at radius 3 is 0.696 bits per heavy atom. The third kappa shape index (κ3) is 38.4. The second-order valence-electron chi connectivity index (χ2n) is 16.5. The molecular weight excluding hydrogens is 697 g/mol. The Morgan fingerprint density at radius 1 is 0.286 bits per heavy atom. The predicted molar refractivity (Wildman–Crippen MR) is 238 cm³/mol. The summed E-state index contributed by atoms with van der Waals surface area (Å²) >= 11 is 0. The average molecular weight is 785 g/mol. The molecule has 0 aliphatic heterocycles. The number of allylic oxidation sites excluding steroid dienone is 8. The number of hydrogen-bond acceptors (Lipinski definition) is 4. The molecule has 2 unspecified atom stereocenters. The highest BCUT2D eigenvalue weighted by Gasteiger charge is 2.28. The van der Waals surface area contributed by atoms with Crippen LogP contribution >= 0.6 is 0 Å². The smallest absolute Gasteiger partial charge is 0.450 e. The van der Waals surface area contributed by atoms with E-state index >= 15 is 0 Å². The van der Waals surface area contributed by atoms with Gasteiger partial charge in [-0.3, -0.25) is 0 Å². The lowest BCUT2D eigenvalue weighted by Gasteiger charge is -2.25. The van der Waals surface area contributed by atoms with Gasteiger partial charge < -0.3 is 19.7 Å². The maximum atomic E-state index is 10.7. The summed E-state index contributed by atoms with van der Waals surface area (Å²) in [7, 11) is 0. The van der Waals surface area contributed by atoms with Crippen molar-refractivity contribution in [2.24, 2.45) is 0 Å². The minimum Gasteiger partial charge on any atom is -0.450 e. The number of rotatable bonds is 2. The molecule has 0 saturated heterocycles. The van der Waals surface area contributed by atoms with Gasteiger partial charge in [0, 0.05) is 0 Å². The van der Waals surface area contributed by atoms with Crippen LogP contribution < -0.4 is 0 Å². The van der Waals surface area contributed by atoms with Crippen molar-refractivity contribution in [1.29, 1.82) is 0 Å². The van der Waals surface area contributed by atoms with Gasteiger partial charge >= 0.3 is 12.3 Å². The van der Waals surface area contributed by atoms with Crippen molar-refractivity contribution in [2.45, 2.75) is 256 Å². The van der Waals surface area contributed by atoms with Gasteiger partial charge in [-0.25, -0.2) is 9.59 Å². The fourth-order valence-electron chi connectivity index (χ4n) is 7.82. The standard InChI is InChI=1S/C14H22O6.3C12H22/c15-13(16)19-11-9-7-5-3-1-2-4-6-8-10-12(11)20-14(17)18;3*1-2-4-6-8-10-12-11-9-7-5-3-1/h1,3,11-12H,2,4-10H2,(H,15,16)(H,17,18);3*1-2H,3-12H2/b3-1-;;;. The minimum absolute atomic E-state index is 0.467. The molecule has 0 radical (unpaired) electrons. The van der Waals surface area contributed by atoms with Gasteiger partial charge in [-0.2, -0.15) is 0 Å². The fraction of sp³-hybridized carbons (Fsp3) is 0.800. The van der Waals surface area contributed by atoms with Gasteiger partial charge in [-0.15, -0.1) is 0 Å². The first kappa shape index (κ1) is 51.5. The summed E-state index contributed by atoms with van der Waals surface area (Å²) in [6, 6.07) is 0. The molecule has 0 bridgehead atoms. The largest absolute Gasteiger partial charge is 0.506 e. The van der Waals surface area contributed by atoms with E-state index < -0.39 is 24.5 Å². The van der Waals surface area contributed by atoms with Gasteiger partial charge in [0.25, 0.3) is 0 Å².